The minimum Gasteiger partial charge on any atom is -0.255 e. The van der Waals surface area contributed by atoms with Crippen molar-refractivity contribution in [3.8, 4) is 0 Å². The summed E-state index contributed by atoms with van der Waals surface area (Å²) in [6.07, 6.45) is -3.21. The smallest absolute Gasteiger partial charge is 0.255 e. The topological polar surface area (TPSA) is 12.9 Å². The van der Waals surface area contributed by atoms with Crippen LogP contribution in [0.4, 0.5) is 13.2 Å². The molecule has 0 spiro atoms. The summed E-state index contributed by atoms with van der Waals surface area (Å²) in [5, 5.41) is 0.0810. The minimum absolute atomic E-state index is 0.0810. The first-order valence-electron chi connectivity index (χ1n) is 4.14. The van der Waals surface area contributed by atoms with E-state index in [4.69, 9.17) is 0 Å². The Labute approximate surface area is 89.3 Å². The van der Waals surface area contributed by atoms with Gasteiger partial charge in [0, 0.05) is 16.5 Å². The molecule has 0 N–H and O–H groups in total. The molecule has 5 heteroatoms. The average molecular weight is 229 g/mol. The normalized spacial score (nSPS) is 12.0. The summed E-state index contributed by atoms with van der Waals surface area (Å²) in [6, 6.07) is 5.50. The van der Waals surface area contributed by atoms with Gasteiger partial charge < -0.3 is 0 Å². The van der Waals surface area contributed by atoms with Gasteiger partial charge in [0.25, 0.3) is 0 Å². The fourth-order valence-corrected chi connectivity index (χ4v) is 1.67. The molecule has 2 rings (SSSR count). The van der Waals surface area contributed by atoms with E-state index in [2.05, 4.69) is 17.6 Å². The molecular weight excluding hydrogens is 223 g/mol. The lowest BCUT2D eigenvalue weighted by Gasteiger charge is -2.10. The molecule has 0 fully saturated rings. The van der Waals surface area contributed by atoms with E-state index in [1.807, 2.05) is 0 Å². The van der Waals surface area contributed by atoms with Gasteiger partial charge in [-0.05, 0) is 12.1 Å². The van der Waals surface area contributed by atoms with E-state index in [0.29, 0.717) is 4.90 Å². The summed E-state index contributed by atoms with van der Waals surface area (Å²) in [4.78, 5) is 4.32. The minimum atomic E-state index is -4.36. The fourth-order valence-electron chi connectivity index (χ4n) is 1.41. The number of thiol groups is 1. The maximum atomic E-state index is 12.6. The molecule has 0 saturated heterocycles. The highest BCUT2D eigenvalue weighted by Crippen LogP contribution is 2.35. The van der Waals surface area contributed by atoms with Crippen LogP contribution in [0.1, 0.15) is 5.56 Å². The standard InChI is InChI=1S/C10H6F3NS/c11-10(12,13)7-4-5-14-9-6(7)2-1-3-8(9)15/h1-5,15H. The van der Waals surface area contributed by atoms with Crippen LogP contribution in [-0.4, -0.2) is 4.98 Å². The second-order valence-corrected chi connectivity index (χ2v) is 3.51. The Morgan fingerprint density at radius 2 is 1.87 bits per heavy atom. The quantitative estimate of drug-likeness (QED) is 0.682. The van der Waals surface area contributed by atoms with E-state index in [1.165, 1.54) is 12.1 Å². The number of nitrogens with zero attached hydrogens (tertiary/aromatic N) is 1. The maximum absolute atomic E-state index is 12.6. The SMILES string of the molecule is FC(F)(F)c1ccnc2c(S)cccc12. The van der Waals surface area contributed by atoms with Gasteiger partial charge in [-0.15, -0.1) is 12.6 Å². The van der Waals surface area contributed by atoms with Crippen LogP contribution in [0.2, 0.25) is 0 Å². The third-order valence-electron chi connectivity index (χ3n) is 2.06. The van der Waals surface area contributed by atoms with Crippen molar-refractivity contribution in [2.24, 2.45) is 0 Å². The molecule has 2 aromatic rings. The van der Waals surface area contributed by atoms with Gasteiger partial charge in [-0.3, -0.25) is 4.98 Å². The van der Waals surface area contributed by atoms with Gasteiger partial charge in [0.1, 0.15) is 0 Å². The number of pyridine rings is 1. The highest BCUT2D eigenvalue weighted by atomic mass is 32.1. The van der Waals surface area contributed by atoms with Crippen molar-refractivity contribution in [2.75, 3.05) is 0 Å². The van der Waals surface area contributed by atoms with Gasteiger partial charge in [0.2, 0.25) is 0 Å². The first-order chi connectivity index (χ1) is 7.00. The van der Waals surface area contributed by atoms with Crippen molar-refractivity contribution in [1.82, 2.24) is 4.98 Å². The molecule has 0 atom stereocenters. The summed E-state index contributed by atoms with van der Waals surface area (Å²) < 4.78 is 37.8. The van der Waals surface area contributed by atoms with Crippen LogP contribution in [0.15, 0.2) is 35.4 Å². The number of benzene rings is 1. The Hall–Kier alpha value is -1.23. The van der Waals surface area contributed by atoms with Gasteiger partial charge in [-0.25, -0.2) is 0 Å². The molecule has 0 aliphatic rings. The van der Waals surface area contributed by atoms with Crippen molar-refractivity contribution in [3.05, 3.63) is 36.0 Å². The lowest BCUT2D eigenvalue weighted by Crippen LogP contribution is -2.06. The van der Waals surface area contributed by atoms with E-state index >= 15 is 0 Å². The lowest BCUT2D eigenvalue weighted by molar-refractivity contribution is -0.136. The molecule has 0 aliphatic heterocycles. The lowest BCUT2D eigenvalue weighted by atomic mass is 10.1. The number of para-hydroxylation sites is 1. The van der Waals surface area contributed by atoms with Crippen LogP contribution < -0.4 is 0 Å². The molecule has 0 bridgehead atoms. The van der Waals surface area contributed by atoms with Crippen LogP contribution in [0.5, 0.6) is 0 Å². The monoisotopic (exact) mass is 229 g/mol. The van der Waals surface area contributed by atoms with E-state index in [-0.39, 0.29) is 10.9 Å². The van der Waals surface area contributed by atoms with Crippen molar-refractivity contribution in [1.29, 1.82) is 0 Å². The summed E-state index contributed by atoms with van der Waals surface area (Å²) in [6.45, 7) is 0. The number of aromatic nitrogens is 1. The highest BCUT2D eigenvalue weighted by Gasteiger charge is 2.32. The Morgan fingerprint density at radius 3 is 2.53 bits per heavy atom. The van der Waals surface area contributed by atoms with Crippen molar-refractivity contribution < 1.29 is 13.2 Å². The summed E-state index contributed by atoms with van der Waals surface area (Å²) in [5.74, 6) is 0. The number of rotatable bonds is 0. The number of hydrogen-bond acceptors (Lipinski definition) is 2. The Kier molecular flexibility index (Phi) is 2.34. The van der Waals surface area contributed by atoms with Gasteiger partial charge >= 0.3 is 6.18 Å². The summed E-state index contributed by atoms with van der Waals surface area (Å²) in [7, 11) is 0. The van der Waals surface area contributed by atoms with Crippen LogP contribution >= 0.6 is 12.6 Å². The molecule has 0 aliphatic carbocycles. The van der Waals surface area contributed by atoms with E-state index < -0.39 is 11.7 Å². The number of fused-ring (bicyclic) bond motifs is 1. The van der Waals surface area contributed by atoms with Crippen molar-refractivity contribution >= 4 is 23.5 Å². The zero-order valence-corrected chi connectivity index (χ0v) is 8.31. The van der Waals surface area contributed by atoms with E-state index in [9.17, 15) is 13.2 Å². The Bertz CT molecular complexity index is 507. The molecular formula is C10H6F3NS. The Morgan fingerprint density at radius 1 is 1.13 bits per heavy atom. The predicted molar refractivity (Wildman–Crippen MR) is 54.0 cm³/mol. The fraction of sp³-hybridized carbons (Fsp3) is 0.100. The van der Waals surface area contributed by atoms with Gasteiger partial charge in [-0.2, -0.15) is 13.2 Å². The second-order valence-electron chi connectivity index (χ2n) is 3.03. The number of halogens is 3. The van der Waals surface area contributed by atoms with Crippen LogP contribution in [0.3, 0.4) is 0 Å². The molecule has 1 aromatic carbocycles. The number of alkyl halides is 3. The molecule has 1 nitrogen and oxygen atoms in total. The molecule has 78 valence electrons. The van der Waals surface area contributed by atoms with E-state index in [1.54, 1.807) is 6.07 Å². The third-order valence-corrected chi connectivity index (χ3v) is 2.42. The van der Waals surface area contributed by atoms with Crippen LogP contribution in [-0.2, 0) is 6.18 Å². The maximum Gasteiger partial charge on any atom is 0.417 e. The summed E-state index contributed by atoms with van der Waals surface area (Å²) >= 11 is 4.06. The van der Waals surface area contributed by atoms with Gasteiger partial charge in [0.15, 0.2) is 0 Å². The highest BCUT2D eigenvalue weighted by molar-refractivity contribution is 7.80. The molecule has 1 aromatic heterocycles. The third kappa shape index (κ3) is 1.79. The van der Waals surface area contributed by atoms with Crippen LogP contribution in [0.25, 0.3) is 10.9 Å². The largest absolute Gasteiger partial charge is 0.417 e. The molecule has 0 unspecified atom stereocenters. The van der Waals surface area contributed by atoms with Crippen LogP contribution in [0, 0.1) is 0 Å². The molecule has 1 heterocycles. The number of hydrogen-bond donors (Lipinski definition) is 1. The van der Waals surface area contributed by atoms with Crippen molar-refractivity contribution in [2.45, 2.75) is 11.1 Å². The molecule has 15 heavy (non-hydrogen) atoms. The van der Waals surface area contributed by atoms with E-state index in [0.717, 1.165) is 12.3 Å². The molecule has 0 amide bonds. The van der Waals surface area contributed by atoms with Gasteiger partial charge in [-0.1, -0.05) is 12.1 Å². The first-order valence-corrected chi connectivity index (χ1v) is 4.59. The Balaban J connectivity index is 2.83. The average Bonchev–Trinajstić information content (AvgIpc) is 2.16. The first kappa shape index (κ1) is 10.3. The second kappa shape index (κ2) is 3.41. The zero-order chi connectivity index (χ0) is 11.1. The van der Waals surface area contributed by atoms with Crippen molar-refractivity contribution in [3.63, 3.8) is 0 Å². The predicted octanol–water partition coefficient (Wildman–Crippen LogP) is 3.54. The van der Waals surface area contributed by atoms with Gasteiger partial charge in [0.05, 0.1) is 11.1 Å². The zero-order valence-electron chi connectivity index (χ0n) is 7.42. The molecule has 0 radical (unpaired) electrons. The molecule has 0 saturated carbocycles. The summed E-state index contributed by atoms with van der Waals surface area (Å²) in [5.41, 5.74) is -0.404.